The van der Waals surface area contributed by atoms with Crippen LogP contribution >= 0.6 is 22.9 Å². The van der Waals surface area contributed by atoms with Crippen molar-refractivity contribution in [3.8, 4) is 10.7 Å². The Balaban J connectivity index is 1.81. The number of rotatable bonds is 1. The second-order valence-electron chi connectivity index (χ2n) is 5.60. The molecular weight excluding hydrogens is 302 g/mol. The third-order valence-corrected chi connectivity index (χ3v) is 5.52. The van der Waals surface area contributed by atoms with Crippen LogP contribution in [0.25, 0.3) is 21.7 Å². The first-order chi connectivity index (χ1) is 10.2. The maximum Gasteiger partial charge on any atom is 0.148 e. The highest BCUT2D eigenvalue weighted by Crippen LogP contribution is 2.35. The zero-order valence-electron chi connectivity index (χ0n) is 11.6. The Morgan fingerprint density at radius 2 is 2.00 bits per heavy atom. The summed E-state index contributed by atoms with van der Waals surface area (Å²) in [5.74, 6) is 0.900. The zero-order valence-corrected chi connectivity index (χ0v) is 13.2. The van der Waals surface area contributed by atoms with E-state index in [2.05, 4.69) is 16.0 Å². The van der Waals surface area contributed by atoms with Gasteiger partial charge in [-0.15, -0.1) is 11.3 Å². The molecule has 3 aromatic rings. The van der Waals surface area contributed by atoms with Crippen LogP contribution in [0.5, 0.6) is 0 Å². The smallest absolute Gasteiger partial charge is 0.148 e. The van der Waals surface area contributed by atoms with Crippen LogP contribution in [0.3, 0.4) is 0 Å². The van der Waals surface area contributed by atoms with E-state index < -0.39 is 0 Å². The van der Waals surface area contributed by atoms with E-state index in [4.69, 9.17) is 17.3 Å². The largest absolute Gasteiger partial charge is 0.397 e. The van der Waals surface area contributed by atoms with Gasteiger partial charge in [0.25, 0.3) is 0 Å². The van der Waals surface area contributed by atoms with Crippen molar-refractivity contribution in [1.29, 1.82) is 0 Å². The number of imidazole rings is 1. The van der Waals surface area contributed by atoms with Gasteiger partial charge in [0.1, 0.15) is 11.3 Å². The molecule has 108 valence electrons. The minimum absolute atomic E-state index is 0.623. The standard InChI is InChI=1S/C16H16ClN3S/c17-10-7-11(18)15-12(8-10)19-16(20-15)14-6-9-4-2-1-3-5-13(9)21-14/h6-8H,1-5,18H2,(H,19,20). The van der Waals surface area contributed by atoms with E-state index in [9.17, 15) is 0 Å². The van der Waals surface area contributed by atoms with Gasteiger partial charge in [-0.2, -0.15) is 0 Å². The molecule has 1 aliphatic rings. The van der Waals surface area contributed by atoms with Gasteiger partial charge in [0.05, 0.1) is 16.1 Å². The summed E-state index contributed by atoms with van der Waals surface area (Å²) in [6.45, 7) is 0. The molecule has 0 spiro atoms. The highest BCUT2D eigenvalue weighted by molar-refractivity contribution is 7.15. The Bertz CT molecular complexity index is 795. The van der Waals surface area contributed by atoms with E-state index in [0.717, 1.165) is 16.9 Å². The van der Waals surface area contributed by atoms with E-state index >= 15 is 0 Å². The van der Waals surface area contributed by atoms with Crippen molar-refractivity contribution in [3.05, 3.63) is 33.7 Å². The quantitative estimate of drug-likeness (QED) is 0.500. The van der Waals surface area contributed by atoms with Crippen LogP contribution in [0.15, 0.2) is 18.2 Å². The van der Waals surface area contributed by atoms with Crippen LogP contribution in [0.1, 0.15) is 29.7 Å². The van der Waals surface area contributed by atoms with Gasteiger partial charge in [-0.05, 0) is 49.4 Å². The number of aromatic nitrogens is 2. The van der Waals surface area contributed by atoms with Crippen LogP contribution in [0, 0.1) is 0 Å². The number of halogens is 1. The second-order valence-corrected chi connectivity index (χ2v) is 7.17. The Labute approximate surface area is 132 Å². The number of aryl methyl sites for hydroxylation is 2. The van der Waals surface area contributed by atoms with E-state index in [1.807, 2.05) is 17.4 Å². The molecule has 0 bridgehead atoms. The molecule has 0 aliphatic heterocycles. The van der Waals surface area contributed by atoms with Crippen molar-refractivity contribution in [2.24, 2.45) is 0 Å². The number of benzene rings is 1. The van der Waals surface area contributed by atoms with Gasteiger partial charge in [-0.25, -0.2) is 4.98 Å². The van der Waals surface area contributed by atoms with Crippen molar-refractivity contribution in [2.45, 2.75) is 32.1 Å². The summed E-state index contributed by atoms with van der Waals surface area (Å²) in [4.78, 5) is 10.7. The number of nitrogen functional groups attached to an aromatic ring is 1. The third-order valence-electron chi connectivity index (χ3n) is 4.06. The number of hydrogen-bond acceptors (Lipinski definition) is 3. The van der Waals surface area contributed by atoms with Crippen LogP contribution in [-0.2, 0) is 12.8 Å². The molecule has 3 nitrogen and oxygen atoms in total. The number of nitrogens with two attached hydrogens (primary N) is 1. The van der Waals surface area contributed by atoms with Crippen LogP contribution in [-0.4, -0.2) is 9.97 Å². The number of fused-ring (bicyclic) bond motifs is 2. The lowest BCUT2D eigenvalue weighted by atomic mass is 10.1. The number of anilines is 1. The van der Waals surface area contributed by atoms with E-state index in [1.54, 1.807) is 6.07 Å². The second kappa shape index (κ2) is 5.04. The molecule has 3 N–H and O–H groups in total. The molecule has 0 amide bonds. The summed E-state index contributed by atoms with van der Waals surface area (Å²) in [5.41, 5.74) is 9.83. The number of H-pyrrole nitrogens is 1. The number of thiophene rings is 1. The van der Waals surface area contributed by atoms with Gasteiger partial charge in [0.15, 0.2) is 0 Å². The minimum Gasteiger partial charge on any atom is -0.397 e. The first-order valence-electron chi connectivity index (χ1n) is 7.27. The molecule has 21 heavy (non-hydrogen) atoms. The lowest BCUT2D eigenvalue weighted by molar-refractivity contribution is 0.713. The Morgan fingerprint density at radius 3 is 2.90 bits per heavy atom. The summed E-state index contributed by atoms with van der Waals surface area (Å²) >= 11 is 7.91. The predicted octanol–water partition coefficient (Wildman–Crippen LogP) is 4.80. The lowest BCUT2D eigenvalue weighted by Crippen LogP contribution is -1.86. The molecule has 0 saturated carbocycles. The molecule has 1 aliphatic carbocycles. The molecule has 0 unspecified atom stereocenters. The van der Waals surface area contributed by atoms with Crippen molar-refractivity contribution in [1.82, 2.24) is 9.97 Å². The third kappa shape index (κ3) is 2.32. The van der Waals surface area contributed by atoms with E-state index in [-0.39, 0.29) is 0 Å². The molecule has 0 saturated heterocycles. The van der Waals surface area contributed by atoms with Gasteiger partial charge in [0.2, 0.25) is 0 Å². The number of nitrogens with zero attached hydrogens (tertiary/aromatic N) is 1. The SMILES string of the molecule is Nc1cc(Cl)cc2[nH]c(-c3cc4c(s3)CCCCC4)nc12. The number of hydrogen-bond donors (Lipinski definition) is 2. The van der Waals surface area contributed by atoms with Gasteiger partial charge in [-0.3, -0.25) is 0 Å². The van der Waals surface area contributed by atoms with Crippen molar-refractivity contribution < 1.29 is 0 Å². The molecule has 5 heteroatoms. The average Bonchev–Trinajstić information content (AvgIpc) is 2.98. The maximum atomic E-state index is 6.05. The summed E-state index contributed by atoms with van der Waals surface area (Å²) in [7, 11) is 0. The fourth-order valence-electron chi connectivity index (χ4n) is 3.01. The fraction of sp³-hybridized carbons (Fsp3) is 0.312. The summed E-state index contributed by atoms with van der Waals surface area (Å²) in [5, 5.41) is 0.636. The summed E-state index contributed by atoms with van der Waals surface area (Å²) in [6, 6.07) is 5.92. The Morgan fingerprint density at radius 1 is 1.14 bits per heavy atom. The van der Waals surface area contributed by atoms with Gasteiger partial charge >= 0.3 is 0 Å². The number of nitrogens with one attached hydrogen (secondary N) is 1. The zero-order chi connectivity index (χ0) is 14.4. The monoisotopic (exact) mass is 317 g/mol. The van der Waals surface area contributed by atoms with Gasteiger partial charge in [-0.1, -0.05) is 18.0 Å². The molecular formula is C16H16ClN3S. The highest BCUT2D eigenvalue weighted by Gasteiger charge is 2.16. The summed E-state index contributed by atoms with van der Waals surface area (Å²) in [6.07, 6.45) is 6.34. The summed E-state index contributed by atoms with van der Waals surface area (Å²) < 4.78 is 0. The highest BCUT2D eigenvalue weighted by atomic mass is 35.5. The maximum absolute atomic E-state index is 6.05. The van der Waals surface area contributed by atoms with Crippen molar-refractivity contribution in [2.75, 3.05) is 5.73 Å². The lowest BCUT2D eigenvalue weighted by Gasteiger charge is -1.94. The van der Waals surface area contributed by atoms with Crippen LogP contribution in [0.2, 0.25) is 5.02 Å². The Kier molecular flexibility index (Phi) is 3.16. The average molecular weight is 318 g/mol. The predicted molar refractivity (Wildman–Crippen MR) is 90.1 cm³/mol. The molecule has 2 aromatic heterocycles. The molecule has 0 radical (unpaired) electrons. The van der Waals surface area contributed by atoms with Crippen molar-refractivity contribution in [3.63, 3.8) is 0 Å². The minimum atomic E-state index is 0.623. The van der Waals surface area contributed by atoms with Gasteiger partial charge < -0.3 is 10.7 Å². The molecule has 0 atom stereocenters. The van der Waals surface area contributed by atoms with Crippen LogP contribution < -0.4 is 5.73 Å². The number of aromatic amines is 1. The first kappa shape index (κ1) is 13.2. The molecule has 1 aromatic carbocycles. The fourth-order valence-corrected chi connectivity index (χ4v) is 4.43. The van der Waals surface area contributed by atoms with Gasteiger partial charge in [0, 0.05) is 9.90 Å². The Hall–Kier alpha value is -1.52. The normalized spacial score (nSPS) is 15.1. The van der Waals surface area contributed by atoms with Crippen molar-refractivity contribution >= 4 is 39.7 Å². The molecule has 2 heterocycles. The van der Waals surface area contributed by atoms with E-state index in [0.29, 0.717) is 10.7 Å². The topological polar surface area (TPSA) is 54.7 Å². The molecule has 4 rings (SSSR count). The first-order valence-corrected chi connectivity index (χ1v) is 8.47. The van der Waals surface area contributed by atoms with Crippen LogP contribution in [0.4, 0.5) is 5.69 Å². The van der Waals surface area contributed by atoms with E-state index in [1.165, 1.54) is 47.4 Å². The molecule has 0 fully saturated rings.